The van der Waals surface area contributed by atoms with Gasteiger partial charge in [-0.15, -0.1) is 0 Å². The fraction of sp³-hybridized carbons (Fsp3) is 0.333. The molecule has 0 amide bonds. The van der Waals surface area contributed by atoms with Crippen molar-refractivity contribution in [1.29, 1.82) is 0 Å². The first kappa shape index (κ1) is 8.60. The molecule has 2 heteroatoms. The molecule has 1 aromatic rings. The zero-order valence-electron chi connectivity index (χ0n) is 7.46. The van der Waals surface area contributed by atoms with E-state index in [1.807, 2.05) is 0 Å². The van der Waals surface area contributed by atoms with E-state index >= 15 is 0 Å². The molecule has 1 radical (unpaired) electrons. The van der Waals surface area contributed by atoms with Crippen molar-refractivity contribution in [3.63, 3.8) is 0 Å². The molecule has 0 fully saturated rings. The van der Waals surface area contributed by atoms with Crippen LogP contribution in [0.3, 0.4) is 0 Å². The zero-order chi connectivity index (χ0) is 8.32. The maximum absolute atomic E-state index is 2.41. The van der Waals surface area contributed by atoms with Crippen LogP contribution in [-0.2, 0) is 0 Å². The molecule has 0 atom stereocenters. The topological polar surface area (TPSA) is 0 Å². The van der Waals surface area contributed by atoms with Crippen molar-refractivity contribution >= 4 is 20.3 Å². The highest BCUT2D eigenvalue weighted by atomic mass is 28.3. The van der Waals surface area contributed by atoms with E-state index in [-0.39, 0.29) is 0 Å². The minimum Gasteiger partial charge on any atom is -0.0908 e. The highest BCUT2D eigenvalue weighted by Gasteiger charge is 2.14. The summed E-state index contributed by atoms with van der Waals surface area (Å²) in [6.45, 7) is 9.45. The Hall–Kier alpha value is -0.498. The summed E-state index contributed by atoms with van der Waals surface area (Å²) in [6, 6.07) is 10.6. The molecule has 0 nitrogen and oxygen atoms in total. The third kappa shape index (κ3) is 3.42. The summed E-state index contributed by atoms with van der Waals surface area (Å²) in [7, 11) is -1.02. The van der Waals surface area contributed by atoms with Crippen LogP contribution >= 0.6 is 0 Å². The summed E-state index contributed by atoms with van der Waals surface area (Å²) in [5.74, 6) is 0. The molecule has 0 spiro atoms. The lowest BCUT2D eigenvalue weighted by Crippen LogP contribution is -2.38. The van der Waals surface area contributed by atoms with Gasteiger partial charge in [-0.2, -0.15) is 0 Å². The van der Waals surface area contributed by atoms with E-state index in [0.717, 1.165) is 0 Å². The second-order valence-corrected chi connectivity index (χ2v) is 8.94. The van der Waals surface area contributed by atoms with Crippen molar-refractivity contribution in [3.8, 4) is 0 Å². The summed E-state index contributed by atoms with van der Waals surface area (Å²) >= 11 is 0. The molecule has 0 aliphatic heterocycles. The van der Waals surface area contributed by atoms with Gasteiger partial charge in [0, 0.05) is 7.94 Å². The van der Waals surface area contributed by atoms with E-state index in [1.54, 1.807) is 0 Å². The molecular formula is C9H14BSi. The maximum atomic E-state index is 2.41. The largest absolute Gasteiger partial charge is 0.144 e. The molecular weight excluding hydrogens is 147 g/mol. The quantitative estimate of drug-likeness (QED) is 0.580. The van der Waals surface area contributed by atoms with E-state index in [0.29, 0.717) is 0 Å². The van der Waals surface area contributed by atoms with Crippen molar-refractivity contribution < 1.29 is 0 Å². The normalized spacial score (nSPS) is 11.2. The van der Waals surface area contributed by atoms with Crippen molar-refractivity contribution in [1.82, 2.24) is 0 Å². The Morgan fingerprint density at radius 1 is 1.00 bits per heavy atom. The maximum Gasteiger partial charge on any atom is 0.144 e. The molecule has 0 bridgehead atoms. The van der Waals surface area contributed by atoms with Gasteiger partial charge in [0.25, 0.3) is 0 Å². The number of hydrogen-bond donors (Lipinski definition) is 0. The Kier molecular flexibility index (Phi) is 2.55. The fourth-order valence-electron chi connectivity index (χ4n) is 1.05. The fourth-order valence-corrected chi connectivity index (χ4v) is 2.24. The van der Waals surface area contributed by atoms with Crippen LogP contribution in [0, 0.1) is 0 Å². The van der Waals surface area contributed by atoms with Gasteiger partial charge in [-0.25, -0.2) is 0 Å². The van der Waals surface area contributed by atoms with Gasteiger partial charge in [0.2, 0.25) is 0 Å². The first-order valence-electron chi connectivity index (χ1n) is 3.99. The minimum absolute atomic E-state index is 1.02. The first-order chi connectivity index (χ1) is 5.08. The molecule has 0 unspecified atom stereocenters. The van der Waals surface area contributed by atoms with E-state index < -0.39 is 7.94 Å². The van der Waals surface area contributed by atoms with Gasteiger partial charge in [0.15, 0.2) is 0 Å². The van der Waals surface area contributed by atoms with E-state index in [9.17, 15) is 0 Å². The average Bonchev–Trinajstić information content (AvgIpc) is 1.85. The standard InChI is InChI=1S/C9H14BSi/c1-11(2,3)10-9-7-5-4-6-8-9/h4-8H,1-3H3. The van der Waals surface area contributed by atoms with Gasteiger partial charge < -0.3 is 0 Å². The van der Waals surface area contributed by atoms with Gasteiger partial charge in [0.05, 0.1) is 0 Å². The van der Waals surface area contributed by atoms with Crippen LogP contribution in [0.5, 0.6) is 0 Å². The minimum atomic E-state index is -1.02. The molecule has 0 saturated carbocycles. The van der Waals surface area contributed by atoms with E-state index in [1.165, 1.54) is 5.46 Å². The lowest BCUT2D eigenvalue weighted by Gasteiger charge is -2.13. The smallest absolute Gasteiger partial charge is 0.0908 e. The lowest BCUT2D eigenvalue weighted by molar-refractivity contribution is 1.76. The van der Waals surface area contributed by atoms with Gasteiger partial charge in [-0.3, -0.25) is 0 Å². The number of hydrogen-bond acceptors (Lipinski definition) is 0. The Morgan fingerprint density at radius 2 is 1.55 bits per heavy atom. The molecule has 0 aliphatic rings. The van der Waals surface area contributed by atoms with Crippen LogP contribution in [0.15, 0.2) is 30.3 Å². The second-order valence-electron chi connectivity index (χ2n) is 3.92. The summed E-state index contributed by atoms with van der Waals surface area (Å²) in [5.41, 5.74) is 1.37. The van der Waals surface area contributed by atoms with Crippen molar-refractivity contribution in [3.05, 3.63) is 30.3 Å². The Bertz CT molecular complexity index is 213. The Labute approximate surface area is 70.8 Å². The van der Waals surface area contributed by atoms with Crippen molar-refractivity contribution in [2.24, 2.45) is 0 Å². The van der Waals surface area contributed by atoms with E-state index in [4.69, 9.17) is 0 Å². The molecule has 1 aromatic carbocycles. The van der Waals surface area contributed by atoms with Gasteiger partial charge in [-0.05, 0) is 0 Å². The summed E-state index contributed by atoms with van der Waals surface area (Å²) in [6.07, 6.45) is 0. The Morgan fingerprint density at radius 3 is 2.00 bits per heavy atom. The van der Waals surface area contributed by atoms with Gasteiger partial charge in [0.1, 0.15) is 6.87 Å². The third-order valence-electron chi connectivity index (χ3n) is 1.40. The Balaban J connectivity index is 2.66. The van der Waals surface area contributed by atoms with Crippen LogP contribution < -0.4 is 5.46 Å². The highest BCUT2D eigenvalue weighted by molar-refractivity contribution is 7.27. The van der Waals surface area contributed by atoms with Gasteiger partial charge in [-0.1, -0.05) is 55.4 Å². The molecule has 0 saturated heterocycles. The first-order valence-corrected chi connectivity index (χ1v) is 7.57. The van der Waals surface area contributed by atoms with Gasteiger partial charge >= 0.3 is 0 Å². The third-order valence-corrected chi connectivity index (χ3v) is 2.60. The number of benzene rings is 1. The monoisotopic (exact) mass is 161 g/mol. The van der Waals surface area contributed by atoms with Crippen LogP contribution in [0.4, 0.5) is 0 Å². The predicted octanol–water partition coefficient (Wildman–Crippen LogP) is 1.85. The molecule has 0 heterocycles. The molecule has 1 rings (SSSR count). The average molecular weight is 161 g/mol. The second kappa shape index (κ2) is 3.27. The SMILES string of the molecule is C[Si](C)(C)[B]c1ccccc1. The van der Waals surface area contributed by atoms with Crippen molar-refractivity contribution in [2.75, 3.05) is 0 Å². The molecule has 0 aliphatic carbocycles. The summed E-state index contributed by atoms with van der Waals surface area (Å²) < 4.78 is 0. The lowest BCUT2D eigenvalue weighted by atomic mass is 9.94. The van der Waals surface area contributed by atoms with Crippen LogP contribution in [0.25, 0.3) is 0 Å². The molecule has 11 heavy (non-hydrogen) atoms. The number of rotatable bonds is 2. The summed E-state index contributed by atoms with van der Waals surface area (Å²) in [4.78, 5) is 0. The highest BCUT2D eigenvalue weighted by Crippen LogP contribution is 1.97. The summed E-state index contributed by atoms with van der Waals surface area (Å²) in [5, 5.41) is 0. The zero-order valence-corrected chi connectivity index (χ0v) is 8.46. The van der Waals surface area contributed by atoms with Crippen LogP contribution in [-0.4, -0.2) is 14.8 Å². The van der Waals surface area contributed by atoms with Crippen LogP contribution in [0.1, 0.15) is 0 Å². The molecule has 0 aromatic heterocycles. The predicted molar refractivity (Wildman–Crippen MR) is 55.2 cm³/mol. The van der Waals surface area contributed by atoms with Crippen LogP contribution in [0.2, 0.25) is 19.6 Å². The van der Waals surface area contributed by atoms with Crippen molar-refractivity contribution in [2.45, 2.75) is 19.6 Å². The molecule has 0 N–H and O–H groups in total. The molecule has 57 valence electrons. The van der Waals surface area contributed by atoms with E-state index in [2.05, 4.69) is 56.8 Å².